The summed E-state index contributed by atoms with van der Waals surface area (Å²) in [7, 11) is 0. The van der Waals surface area contributed by atoms with Crippen LogP contribution in [0.3, 0.4) is 0 Å². The summed E-state index contributed by atoms with van der Waals surface area (Å²) in [5.74, 6) is 0.516. The molecule has 0 spiro atoms. The number of likely N-dealkylation sites (tertiary alicyclic amines) is 1. The van der Waals surface area contributed by atoms with Crippen LogP contribution in [-0.4, -0.2) is 98.6 Å². The second-order valence-corrected chi connectivity index (χ2v) is 12.3. The van der Waals surface area contributed by atoms with Crippen LogP contribution in [0.1, 0.15) is 24.8 Å². The Morgan fingerprint density at radius 3 is 2.73 bits per heavy atom. The number of rotatable bonds is 8. The molecule has 228 valence electrons. The predicted octanol–water partition coefficient (Wildman–Crippen LogP) is 3.32. The highest BCUT2D eigenvalue weighted by Crippen LogP contribution is 2.42. The van der Waals surface area contributed by atoms with Crippen molar-refractivity contribution in [3.05, 3.63) is 65.6 Å². The van der Waals surface area contributed by atoms with Gasteiger partial charge in [-0.2, -0.15) is 15.3 Å². The van der Waals surface area contributed by atoms with E-state index in [2.05, 4.69) is 31.4 Å². The van der Waals surface area contributed by atoms with Gasteiger partial charge in [0.05, 0.1) is 36.9 Å². The quantitative estimate of drug-likeness (QED) is 0.319. The van der Waals surface area contributed by atoms with Crippen LogP contribution >= 0.6 is 11.6 Å². The zero-order valence-corrected chi connectivity index (χ0v) is 25.2. The fraction of sp³-hybridized carbons (Fsp3) is 0.452. The standard InChI is InChI=1S/C31H35ClN10O2/c32-24-4-1-3-23(17-24)31(8-9-33)21-40(22-31)27-5-2-10-42-29(27)36-30(37-42)35-25-18-34-41(19-25)20-28(43)39-11-6-26(7-12-39)38-13-15-44-16-14-38/h1-5,10,17-19,26H,6-8,11-16,20-22H2,(H,35,37). The second kappa shape index (κ2) is 12.1. The van der Waals surface area contributed by atoms with Crippen molar-refractivity contribution < 1.29 is 9.53 Å². The van der Waals surface area contributed by atoms with Gasteiger partial charge in [0.2, 0.25) is 11.9 Å². The van der Waals surface area contributed by atoms with Crippen LogP contribution in [0.4, 0.5) is 17.3 Å². The Morgan fingerprint density at radius 2 is 1.95 bits per heavy atom. The predicted molar refractivity (Wildman–Crippen MR) is 166 cm³/mol. The number of aromatic nitrogens is 5. The molecular formula is C31H35ClN10O2. The number of hydrogen-bond donors (Lipinski definition) is 1. The Balaban J connectivity index is 0.978. The molecule has 4 aromatic rings. The van der Waals surface area contributed by atoms with Gasteiger partial charge in [-0.25, -0.2) is 4.52 Å². The molecule has 13 heteroatoms. The summed E-state index contributed by atoms with van der Waals surface area (Å²) in [5, 5.41) is 22.5. The number of nitrogens with one attached hydrogen (secondary N) is 1. The fourth-order valence-electron chi connectivity index (χ4n) is 6.72. The van der Waals surface area contributed by atoms with Gasteiger partial charge in [0.1, 0.15) is 6.54 Å². The third kappa shape index (κ3) is 5.70. The first-order valence-electron chi connectivity index (χ1n) is 15.1. The first kappa shape index (κ1) is 28.6. The number of piperidine rings is 1. The van der Waals surface area contributed by atoms with Crippen molar-refractivity contribution in [1.82, 2.24) is 34.2 Å². The van der Waals surface area contributed by atoms with Gasteiger partial charge in [0.15, 0.2) is 5.65 Å². The number of amides is 1. The number of fused-ring (bicyclic) bond motifs is 1. The van der Waals surface area contributed by atoms with E-state index in [0.717, 1.165) is 69.1 Å². The van der Waals surface area contributed by atoms with E-state index < -0.39 is 0 Å². The zero-order chi connectivity index (χ0) is 30.1. The van der Waals surface area contributed by atoms with Gasteiger partial charge >= 0.3 is 0 Å². The van der Waals surface area contributed by atoms with E-state index in [0.29, 0.717) is 42.2 Å². The van der Waals surface area contributed by atoms with E-state index in [1.807, 2.05) is 53.7 Å². The SMILES string of the molecule is N#CCC1(c2cccc(Cl)c2)CN(c2cccn3nc(Nc4cnn(CC(=O)N5CCC(N6CCOCC6)CC5)c4)nc23)C1. The van der Waals surface area contributed by atoms with Crippen LogP contribution in [0.5, 0.6) is 0 Å². The molecule has 0 saturated carbocycles. The molecule has 3 aromatic heterocycles. The Labute approximate surface area is 260 Å². The molecule has 0 atom stereocenters. The molecule has 3 aliphatic rings. The van der Waals surface area contributed by atoms with Gasteiger partial charge in [-0.05, 0) is 42.7 Å². The number of carbonyl (C=O) groups excluding carboxylic acids is 1. The number of nitrogens with zero attached hydrogens (tertiary/aromatic N) is 9. The summed E-state index contributed by atoms with van der Waals surface area (Å²) in [6.45, 7) is 6.66. The van der Waals surface area contributed by atoms with E-state index in [4.69, 9.17) is 21.3 Å². The minimum Gasteiger partial charge on any atom is -0.379 e. The van der Waals surface area contributed by atoms with Crippen LogP contribution in [-0.2, 0) is 21.5 Å². The van der Waals surface area contributed by atoms with Crippen molar-refractivity contribution in [3.8, 4) is 6.07 Å². The van der Waals surface area contributed by atoms with Crippen LogP contribution in [0.25, 0.3) is 5.65 Å². The van der Waals surface area contributed by atoms with Crippen molar-refractivity contribution in [3.63, 3.8) is 0 Å². The molecule has 0 unspecified atom stereocenters. The molecule has 0 aliphatic carbocycles. The summed E-state index contributed by atoms with van der Waals surface area (Å²) in [6.07, 6.45) is 7.75. The van der Waals surface area contributed by atoms with Gasteiger partial charge < -0.3 is 19.9 Å². The summed E-state index contributed by atoms with van der Waals surface area (Å²) < 4.78 is 8.88. The summed E-state index contributed by atoms with van der Waals surface area (Å²) in [6, 6.07) is 14.7. The van der Waals surface area contributed by atoms with Gasteiger partial charge in [-0.3, -0.25) is 14.4 Å². The maximum absolute atomic E-state index is 13.0. The molecule has 6 heterocycles. The van der Waals surface area contributed by atoms with Gasteiger partial charge in [-0.15, -0.1) is 5.10 Å². The van der Waals surface area contributed by atoms with E-state index in [9.17, 15) is 10.1 Å². The second-order valence-electron chi connectivity index (χ2n) is 11.9. The number of halogens is 1. The number of anilines is 3. The zero-order valence-electron chi connectivity index (χ0n) is 24.5. The van der Waals surface area contributed by atoms with Gasteiger partial charge in [-0.1, -0.05) is 23.7 Å². The van der Waals surface area contributed by atoms with Crippen molar-refractivity contribution in [1.29, 1.82) is 5.26 Å². The lowest BCUT2D eigenvalue weighted by atomic mass is 9.71. The molecule has 1 aromatic carbocycles. The van der Waals surface area contributed by atoms with Crippen LogP contribution < -0.4 is 10.2 Å². The third-order valence-corrected chi connectivity index (χ3v) is 9.32. The number of hydrogen-bond acceptors (Lipinski definition) is 9. The summed E-state index contributed by atoms with van der Waals surface area (Å²) in [5.41, 5.74) is 3.17. The normalized spacial score (nSPS) is 19.1. The largest absolute Gasteiger partial charge is 0.379 e. The topological polar surface area (TPSA) is 120 Å². The van der Waals surface area contributed by atoms with Crippen LogP contribution in [0, 0.1) is 11.3 Å². The number of morpholine rings is 1. The molecule has 3 fully saturated rings. The molecule has 3 saturated heterocycles. The molecule has 12 nitrogen and oxygen atoms in total. The minimum atomic E-state index is -0.280. The van der Waals surface area contributed by atoms with Crippen molar-refractivity contribution in [2.45, 2.75) is 37.3 Å². The Bertz CT molecular complexity index is 1680. The first-order chi connectivity index (χ1) is 21.5. The molecule has 0 radical (unpaired) electrons. The van der Waals surface area contributed by atoms with E-state index in [-0.39, 0.29) is 17.9 Å². The third-order valence-electron chi connectivity index (χ3n) is 9.09. The monoisotopic (exact) mass is 614 g/mol. The lowest BCUT2D eigenvalue weighted by Crippen LogP contribution is -2.59. The van der Waals surface area contributed by atoms with Crippen LogP contribution in [0.2, 0.25) is 5.02 Å². The highest BCUT2D eigenvalue weighted by molar-refractivity contribution is 6.30. The molecule has 3 aliphatic heterocycles. The number of benzene rings is 1. The Hall–Kier alpha value is -4.18. The Kier molecular flexibility index (Phi) is 7.84. The fourth-order valence-corrected chi connectivity index (χ4v) is 6.91. The molecular weight excluding hydrogens is 580 g/mol. The molecule has 44 heavy (non-hydrogen) atoms. The first-order valence-corrected chi connectivity index (χ1v) is 15.5. The molecule has 1 N–H and O–H groups in total. The summed E-state index contributed by atoms with van der Waals surface area (Å²) >= 11 is 6.27. The van der Waals surface area contributed by atoms with E-state index in [1.165, 1.54) is 0 Å². The number of carbonyl (C=O) groups is 1. The van der Waals surface area contributed by atoms with Gasteiger partial charge in [0.25, 0.3) is 0 Å². The number of pyridine rings is 1. The lowest BCUT2D eigenvalue weighted by Gasteiger charge is -2.50. The molecule has 7 rings (SSSR count). The number of nitriles is 1. The smallest absolute Gasteiger partial charge is 0.247 e. The lowest BCUT2D eigenvalue weighted by molar-refractivity contribution is -0.133. The molecule has 1 amide bonds. The van der Waals surface area contributed by atoms with Crippen molar-refractivity contribution in [2.24, 2.45) is 0 Å². The Morgan fingerprint density at radius 1 is 1.14 bits per heavy atom. The van der Waals surface area contributed by atoms with Crippen molar-refractivity contribution >= 4 is 40.5 Å². The highest BCUT2D eigenvalue weighted by atomic mass is 35.5. The van der Waals surface area contributed by atoms with Crippen LogP contribution in [0.15, 0.2) is 55.0 Å². The average molecular weight is 615 g/mol. The molecule has 0 bridgehead atoms. The maximum atomic E-state index is 13.0. The minimum absolute atomic E-state index is 0.0790. The van der Waals surface area contributed by atoms with Crippen molar-refractivity contribution in [2.75, 3.05) is 62.7 Å². The summed E-state index contributed by atoms with van der Waals surface area (Å²) in [4.78, 5) is 24.5. The van der Waals surface area contributed by atoms with Gasteiger partial charge in [0, 0.05) is 74.6 Å². The van der Waals surface area contributed by atoms with E-state index in [1.54, 1.807) is 15.4 Å². The average Bonchev–Trinajstić information content (AvgIpc) is 3.65. The van der Waals surface area contributed by atoms with E-state index >= 15 is 0 Å². The number of ether oxygens (including phenoxy) is 1. The highest BCUT2D eigenvalue weighted by Gasteiger charge is 2.45. The maximum Gasteiger partial charge on any atom is 0.247 e.